The molecule has 0 aliphatic rings. The number of hydrogen-bond donors (Lipinski definition) is 1. The van der Waals surface area contributed by atoms with Crippen LogP contribution in [0.3, 0.4) is 0 Å². The summed E-state index contributed by atoms with van der Waals surface area (Å²) in [4.78, 5) is 10.2. The van der Waals surface area contributed by atoms with E-state index >= 15 is 0 Å². The summed E-state index contributed by atoms with van der Waals surface area (Å²) in [5, 5.41) is 8.36. The SMILES string of the molecule is CCCCCCCCCC[CH]C(=O)O.[NaH]. The third-order valence-corrected chi connectivity index (χ3v) is 2.38. The van der Waals surface area contributed by atoms with Gasteiger partial charge in [-0.05, 0) is 6.42 Å². The van der Waals surface area contributed by atoms with E-state index in [0.717, 1.165) is 12.8 Å². The van der Waals surface area contributed by atoms with Crippen LogP contribution >= 0.6 is 0 Å². The summed E-state index contributed by atoms with van der Waals surface area (Å²) in [5.74, 6) is -0.784. The van der Waals surface area contributed by atoms with Gasteiger partial charge < -0.3 is 5.11 Å². The molecule has 0 aromatic rings. The van der Waals surface area contributed by atoms with Crippen molar-refractivity contribution < 1.29 is 9.90 Å². The molecule has 0 fully saturated rings. The molecule has 0 aliphatic heterocycles. The Morgan fingerprint density at radius 2 is 1.47 bits per heavy atom. The third kappa shape index (κ3) is 17.1. The van der Waals surface area contributed by atoms with Crippen molar-refractivity contribution in [2.75, 3.05) is 0 Å². The Kier molecular flexibility index (Phi) is 17.2. The van der Waals surface area contributed by atoms with Crippen molar-refractivity contribution in [2.45, 2.75) is 64.7 Å². The molecule has 0 bridgehead atoms. The first kappa shape index (κ1) is 17.9. The normalized spacial score (nSPS) is 9.67. The van der Waals surface area contributed by atoms with Gasteiger partial charge in [-0.15, -0.1) is 0 Å². The minimum atomic E-state index is -0.784. The minimum absolute atomic E-state index is 0. The van der Waals surface area contributed by atoms with Gasteiger partial charge in [-0.25, -0.2) is 0 Å². The van der Waals surface area contributed by atoms with Crippen molar-refractivity contribution in [1.82, 2.24) is 0 Å². The van der Waals surface area contributed by atoms with Gasteiger partial charge in [0.15, 0.2) is 0 Å². The van der Waals surface area contributed by atoms with E-state index in [1.807, 2.05) is 0 Å². The van der Waals surface area contributed by atoms with Gasteiger partial charge in [-0.1, -0.05) is 58.3 Å². The van der Waals surface area contributed by atoms with Crippen molar-refractivity contribution in [3.63, 3.8) is 0 Å². The van der Waals surface area contributed by atoms with Crippen LogP contribution < -0.4 is 0 Å². The summed E-state index contributed by atoms with van der Waals surface area (Å²) in [6.07, 6.45) is 12.2. The Labute approximate surface area is 116 Å². The molecule has 0 atom stereocenters. The Morgan fingerprint density at radius 1 is 1.00 bits per heavy atom. The van der Waals surface area contributed by atoms with E-state index in [2.05, 4.69) is 6.92 Å². The van der Waals surface area contributed by atoms with Gasteiger partial charge >= 0.3 is 35.5 Å². The Bertz CT molecular complexity index is 138. The number of carboxylic acids is 1. The Hall–Kier alpha value is 0.470. The van der Waals surface area contributed by atoms with Crippen LogP contribution in [0.15, 0.2) is 0 Å². The second-order valence-electron chi connectivity index (χ2n) is 3.81. The zero-order chi connectivity index (χ0) is 10.6. The van der Waals surface area contributed by atoms with E-state index in [1.54, 1.807) is 0 Å². The summed E-state index contributed by atoms with van der Waals surface area (Å²) < 4.78 is 0. The third-order valence-electron chi connectivity index (χ3n) is 2.38. The van der Waals surface area contributed by atoms with E-state index in [4.69, 9.17) is 5.11 Å². The number of carboxylic acid groups (broad SMARTS) is 1. The maximum absolute atomic E-state index is 10.2. The van der Waals surface area contributed by atoms with Crippen LogP contribution in [-0.4, -0.2) is 40.6 Å². The van der Waals surface area contributed by atoms with Gasteiger partial charge in [-0.3, -0.25) is 4.79 Å². The van der Waals surface area contributed by atoms with E-state index < -0.39 is 5.97 Å². The van der Waals surface area contributed by atoms with Gasteiger partial charge in [0, 0.05) is 0 Å². The molecule has 0 spiro atoms. The molecule has 0 amide bonds. The van der Waals surface area contributed by atoms with Gasteiger partial charge in [0.25, 0.3) is 0 Å². The van der Waals surface area contributed by atoms with Gasteiger partial charge in [-0.2, -0.15) is 0 Å². The molecule has 0 aromatic heterocycles. The van der Waals surface area contributed by atoms with Crippen molar-refractivity contribution in [3.05, 3.63) is 6.42 Å². The number of unbranched alkanes of at least 4 members (excludes halogenated alkanes) is 8. The van der Waals surface area contributed by atoms with Gasteiger partial charge in [0.1, 0.15) is 0 Å². The van der Waals surface area contributed by atoms with E-state index in [1.165, 1.54) is 51.4 Å². The number of aliphatic carboxylic acids is 1. The molecule has 0 heterocycles. The second-order valence-corrected chi connectivity index (χ2v) is 3.81. The fraction of sp³-hybridized carbons (Fsp3) is 0.833. The topological polar surface area (TPSA) is 37.3 Å². The Balaban J connectivity index is 0. The molecular formula is C12H24NaO2. The quantitative estimate of drug-likeness (QED) is 0.456. The predicted octanol–water partition coefficient (Wildman–Crippen LogP) is 3.16. The first-order chi connectivity index (χ1) is 6.77. The van der Waals surface area contributed by atoms with E-state index in [0.29, 0.717) is 0 Å². The maximum atomic E-state index is 10.2. The first-order valence-corrected chi connectivity index (χ1v) is 5.83. The second kappa shape index (κ2) is 14.5. The van der Waals surface area contributed by atoms with E-state index in [9.17, 15) is 4.79 Å². The van der Waals surface area contributed by atoms with Crippen LogP contribution in [-0.2, 0) is 4.79 Å². The average Bonchev–Trinajstić information content (AvgIpc) is 2.15. The van der Waals surface area contributed by atoms with Gasteiger partial charge in [0.05, 0.1) is 6.42 Å². The van der Waals surface area contributed by atoms with Crippen LogP contribution in [0.25, 0.3) is 0 Å². The number of rotatable bonds is 10. The van der Waals surface area contributed by atoms with Crippen molar-refractivity contribution >= 4 is 35.5 Å². The standard InChI is InChI=1S/C12H23O2.Na.H/c1-2-3-4-5-6-7-8-9-10-11-12(13)14;;/h11H,2-10H2,1H3,(H,13,14);;. The monoisotopic (exact) mass is 223 g/mol. The van der Waals surface area contributed by atoms with Crippen LogP contribution in [0.1, 0.15) is 64.7 Å². The fourth-order valence-electron chi connectivity index (χ4n) is 1.50. The van der Waals surface area contributed by atoms with Crippen molar-refractivity contribution in [2.24, 2.45) is 0 Å². The molecule has 0 aliphatic carbocycles. The van der Waals surface area contributed by atoms with Crippen molar-refractivity contribution in [1.29, 1.82) is 0 Å². The molecule has 85 valence electrons. The molecule has 0 unspecified atom stereocenters. The Morgan fingerprint density at radius 3 is 1.93 bits per heavy atom. The molecule has 1 N–H and O–H groups in total. The number of hydrogen-bond acceptors (Lipinski definition) is 1. The molecule has 2 nitrogen and oxygen atoms in total. The molecule has 3 heteroatoms. The van der Waals surface area contributed by atoms with Crippen molar-refractivity contribution in [3.8, 4) is 0 Å². The summed E-state index contributed by atoms with van der Waals surface area (Å²) in [6.45, 7) is 2.22. The summed E-state index contributed by atoms with van der Waals surface area (Å²) >= 11 is 0. The van der Waals surface area contributed by atoms with Crippen LogP contribution in [0.2, 0.25) is 0 Å². The fourth-order valence-corrected chi connectivity index (χ4v) is 1.50. The predicted molar refractivity (Wildman–Crippen MR) is 66.3 cm³/mol. The van der Waals surface area contributed by atoms with Crippen LogP contribution in [0.4, 0.5) is 0 Å². The zero-order valence-corrected chi connectivity index (χ0v) is 9.30. The summed E-state index contributed by atoms with van der Waals surface area (Å²) in [5.41, 5.74) is 0. The zero-order valence-electron chi connectivity index (χ0n) is 9.30. The molecule has 0 saturated carbocycles. The molecule has 1 radical (unpaired) electrons. The molecule has 15 heavy (non-hydrogen) atoms. The summed E-state index contributed by atoms with van der Waals surface area (Å²) in [7, 11) is 0. The number of carbonyl (C=O) groups is 1. The molecule has 0 rings (SSSR count). The average molecular weight is 223 g/mol. The summed E-state index contributed by atoms with van der Waals surface area (Å²) in [6, 6.07) is 0. The first-order valence-electron chi connectivity index (χ1n) is 5.83. The van der Waals surface area contributed by atoms with Crippen LogP contribution in [0, 0.1) is 6.42 Å². The van der Waals surface area contributed by atoms with Crippen LogP contribution in [0.5, 0.6) is 0 Å². The van der Waals surface area contributed by atoms with Gasteiger partial charge in [0.2, 0.25) is 0 Å². The molecule has 0 aromatic carbocycles. The van der Waals surface area contributed by atoms with E-state index in [-0.39, 0.29) is 29.6 Å². The molecule has 0 saturated heterocycles. The molecular weight excluding hydrogens is 199 g/mol.